The summed E-state index contributed by atoms with van der Waals surface area (Å²) in [6.45, 7) is 15.7. The molecule has 0 aromatic rings. The van der Waals surface area contributed by atoms with Crippen molar-refractivity contribution in [2.24, 2.45) is 11.8 Å². The minimum absolute atomic E-state index is 0.720. The summed E-state index contributed by atoms with van der Waals surface area (Å²) in [5, 5.41) is 0. The van der Waals surface area contributed by atoms with E-state index >= 15 is 0 Å². The minimum atomic E-state index is -2.95. The van der Waals surface area contributed by atoms with Gasteiger partial charge in [0.25, 0.3) is 0 Å². The summed E-state index contributed by atoms with van der Waals surface area (Å²) >= 11 is -2.95. The molecule has 0 rings (SSSR count). The molecule has 0 aromatic carbocycles. The molecule has 0 aliphatic rings. The van der Waals surface area contributed by atoms with Gasteiger partial charge in [0.05, 0.1) is 0 Å². The van der Waals surface area contributed by atoms with Crippen LogP contribution in [0.5, 0.6) is 0 Å². The number of hydrogen-bond donors (Lipinski definition) is 0. The van der Waals surface area contributed by atoms with Gasteiger partial charge in [-0.05, 0) is 0 Å². The van der Waals surface area contributed by atoms with Crippen LogP contribution in [0.25, 0.3) is 0 Å². The van der Waals surface area contributed by atoms with E-state index in [1.165, 1.54) is 98.8 Å². The summed E-state index contributed by atoms with van der Waals surface area (Å²) in [6.07, 6.45) is 18.8. The Hall–Kier alpha value is 0.719. The second-order valence-electron chi connectivity index (χ2n) is 10.0. The quantitative estimate of drug-likeness (QED) is 0.105. The molecule has 0 heterocycles. The van der Waals surface area contributed by atoms with E-state index in [9.17, 15) is 0 Å². The van der Waals surface area contributed by atoms with Crippen LogP contribution in [0.1, 0.15) is 131 Å². The van der Waals surface area contributed by atoms with Crippen LogP contribution in [-0.4, -0.2) is 32.4 Å². The molecule has 0 fully saturated rings. The topological polar surface area (TPSA) is 18.5 Å². The molecule has 0 amide bonds. The van der Waals surface area contributed by atoms with Crippen molar-refractivity contribution in [2.45, 2.75) is 140 Å². The van der Waals surface area contributed by atoms with Crippen LogP contribution in [-0.2, 0) is 6.15 Å². The van der Waals surface area contributed by atoms with Gasteiger partial charge in [-0.1, -0.05) is 0 Å². The first kappa shape index (κ1) is 29.7. The van der Waals surface area contributed by atoms with Crippen molar-refractivity contribution >= 4 is 19.2 Å². The summed E-state index contributed by atoms with van der Waals surface area (Å²) in [4.78, 5) is 0. The van der Waals surface area contributed by atoms with E-state index < -0.39 is 19.2 Å². The van der Waals surface area contributed by atoms with E-state index in [1.807, 2.05) is 0 Å². The molecule has 0 bridgehead atoms. The Balaban J connectivity index is 4.72. The average Bonchev–Trinajstić information content (AvgIpc) is 2.66. The SMILES string of the molecule is CCCCCCC[CH2][Sn]([CH2]CCCCCCC)([O]CCC(C)C)[O]CCC(C)C. The third kappa shape index (κ3) is 19.2. The zero-order valence-electron chi connectivity index (χ0n) is 21.2. The average molecular weight is 519 g/mol. The van der Waals surface area contributed by atoms with Gasteiger partial charge in [-0.25, -0.2) is 0 Å². The summed E-state index contributed by atoms with van der Waals surface area (Å²) in [5.74, 6) is 1.44. The Bertz CT molecular complexity index is 299. The summed E-state index contributed by atoms with van der Waals surface area (Å²) < 4.78 is 16.1. The molecule has 0 atom stereocenters. The fourth-order valence-electron chi connectivity index (χ4n) is 3.77. The first-order chi connectivity index (χ1) is 14.0. The standard InChI is InChI=1S/2C8H17.2C5H11O.Sn/c2*1-3-5-7-8-6-4-2;2*1-5(2)3-4-6;/h2*1,3-8H2,2H3;2*5H,3-4H2,1-2H3;/q;;2*-1;+2. The van der Waals surface area contributed by atoms with Crippen LogP contribution >= 0.6 is 0 Å². The fourth-order valence-corrected chi connectivity index (χ4v) is 13.7. The first-order valence-electron chi connectivity index (χ1n) is 13.2. The van der Waals surface area contributed by atoms with Gasteiger partial charge in [0.1, 0.15) is 0 Å². The fraction of sp³-hybridized carbons (Fsp3) is 1.00. The Morgan fingerprint density at radius 1 is 0.517 bits per heavy atom. The summed E-state index contributed by atoms with van der Waals surface area (Å²) in [7, 11) is 0. The number of hydrogen-bond acceptors (Lipinski definition) is 2. The van der Waals surface area contributed by atoms with Gasteiger partial charge in [0, 0.05) is 0 Å². The molecule has 0 radical (unpaired) electrons. The van der Waals surface area contributed by atoms with E-state index in [2.05, 4.69) is 41.5 Å². The van der Waals surface area contributed by atoms with Crippen LogP contribution < -0.4 is 0 Å². The molecule has 0 saturated carbocycles. The molecule has 0 unspecified atom stereocenters. The van der Waals surface area contributed by atoms with Crippen LogP contribution in [0.2, 0.25) is 8.87 Å². The van der Waals surface area contributed by atoms with Gasteiger partial charge in [-0.15, -0.1) is 0 Å². The van der Waals surface area contributed by atoms with E-state index in [0.717, 1.165) is 25.0 Å². The van der Waals surface area contributed by atoms with Gasteiger partial charge in [-0.2, -0.15) is 0 Å². The zero-order chi connectivity index (χ0) is 21.8. The Labute approximate surface area is 190 Å². The molecule has 0 aliphatic heterocycles. The molecule has 0 saturated heterocycles. The predicted octanol–water partition coefficient (Wildman–Crippen LogP) is 9.28. The maximum absolute atomic E-state index is 6.77. The normalized spacial score (nSPS) is 12.4. The molecule has 3 heteroatoms. The third-order valence-corrected chi connectivity index (χ3v) is 16.5. The molecule has 0 N–H and O–H groups in total. The van der Waals surface area contributed by atoms with Crippen molar-refractivity contribution in [3.8, 4) is 0 Å². The van der Waals surface area contributed by atoms with Crippen molar-refractivity contribution in [3.05, 3.63) is 0 Å². The second-order valence-corrected chi connectivity index (χ2v) is 19.7. The molecule has 0 spiro atoms. The van der Waals surface area contributed by atoms with E-state index in [0.29, 0.717) is 0 Å². The van der Waals surface area contributed by atoms with Crippen LogP contribution in [0.4, 0.5) is 0 Å². The van der Waals surface area contributed by atoms with E-state index in [4.69, 9.17) is 6.15 Å². The second kappa shape index (κ2) is 20.6. The maximum atomic E-state index is 6.77. The van der Waals surface area contributed by atoms with E-state index in [-0.39, 0.29) is 0 Å². The monoisotopic (exact) mass is 520 g/mol. The molecule has 176 valence electrons. The van der Waals surface area contributed by atoms with E-state index in [1.54, 1.807) is 0 Å². The molecular formula is C26H56O2Sn. The molecular weight excluding hydrogens is 463 g/mol. The number of unbranched alkanes of at least 4 members (excludes halogenated alkanes) is 10. The van der Waals surface area contributed by atoms with Crippen LogP contribution in [0.15, 0.2) is 0 Å². The van der Waals surface area contributed by atoms with Crippen molar-refractivity contribution in [3.63, 3.8) is 0 Å². The van der Waals surface area contributed by atoms with Crippen molar-refractivity contribution < 1.29 is 6.15 Å². The summed E-state index contributed by atoms with van der Waals surface area (Å²) in [6, 6.07) is 0. The Morgan fingerprint density at radius 2 is 0.862 bits per heavy atom. The van der Waals surface area contributed by atoms with Crippen LogP contribution in [0, 0.1) is 11.8 Å². The van der Waals surface area contributed by atoms with Gasteiger partial charge in [-0.3, -0.25) is 0 Å². The van der Waals surface area contributed by atoms with Gasteiger partial charge in [0.15, 0.2) is 0 Å². The van der Waals surface area contributed by atoms with Crippen LogP contribution in [0.3, 0.4) is 0 Å². The summed E-state index contributed by atoms with van der Waals surface area (Å²) in [5.41, 5.74) is 0. The van der Waals surface area contributed by atoms with Gasteiger partial charge in [0.2, 0.25) is 0 Å². The zero-order valence-corrected chi connectivity index (χ0v) is 24.1. The predicted molar refractivity (Wildman–Crippen MR) is 133 cm³/mol. The molecule has 29 heavy (non-hydrogen) atoms. The molecule has 0 aliphatic carbocycles. The molecule has 2 nitrogen and oxygen atoms in total. The Kier molecular flexibility index (Phi) is 21.1. The Morgan fingerprint density at radius 3 is 1.21 bits per heavy atom. The number of rotatable bonds is 22. The van der Waals surface area contributed by atoms with Crippen molar-refractivity contribution in [1.29, 1.82) is 0 Å². The van der Waals surface area contributed by atoms with Crippen molar-refractivity contribution in [1.82, 2.24) is 0 Å². The first-order valence-corrected chi connectivity index (χ1v) is 19.6. The van der Waals surface area contributed by atoms with Gasteiger partial charge < -0.3 is 0 Å². The third-order valence-electron chi connectivity index (χ3n) is 5.94. The molecule has 0 aromatic heterocycles. The van der Waals surface area contributed by atoms with Gasteiger partial charge >= 0.3 is 191 Å². The van der Waals surface area contributed by atoms with Crippen molar-refractivity contribution in [2.75, 3.05) is 13.2 Å².